The van der Waals surface area contributed by atoms with Gasteiger partial charge in [-0.2, -0.15) is 0 Å². The minimum atomic E-state index is -0.821. The molecule has 5 heteroatoms. The molecule has 0 unspecified atom stereocenters. The molecule has 1 atom stereocenters. The van der Waals surface area contributed by atoms with E-state index < -0.39 is 11.9 Å². The van der Waals surface area contributed by atoms with Crippen molar-refractivity contribution in [1.29, 1.82) is 0 Å². The maximum atomic E-state index is 10.7. The Morgan fingerprint density at radius 1 is 1.50 bits per heavy atom. The van der Waals surface area contributed by atoms with Gasteiger partial charge in [-0.05, 0) is 27.8 Å². The van der Waals surface area contributed by atoms with E-state index in [-0.39, 0.29) is 24.6 Å². The van der Waals surface area contributed by atoms with Crippen molar-refractivity contribution in [2.45, 2.75) is 26.4 Å². The number of carbonyl (C=O) groups is 1. The Morgan fingerprint density at radius 2 is 2.00 bits per heavy atom. The largest absolute Gasteiger partial charge is 0.481 e. The molecule has 0 saturated carbocycles. The summed E-state index contributed by atoms with van der Waals surface area (Å²) in [5, 5.41) is 11.6. The van der Waals surface area contributed by atoms with Crippen LogP contribution in [0.25, 0.3) is 0 Å². The van der Waals surface area contributed by atoms with Gasteiger partial charge < -0.3 is 15.2 Å². The Labute approximate surface area is 91.4 Å². The van der Waals surface area contributed by atoms with Crippen molar-refractivity contribution in [1.82, 2.24) is 5.32 Å². The molecule has 0 saturated heterocycles. The summed E-state index contributed by atoms with van der Waals surface area (Å²) in [6, 6.07) is 0. The predicted molar refractivity (Wildman–Crippen MR) is 58.0 cm³/mol. The summed E-state index contributed by atoms with van der Waals surface area (Å²) >= 11 is 0. The average Bonchev–Trinajstić information content (AvgIpc) is 1.95. The predicted octanol–water partition coefficient (Wildman–Crippen LogP) is 1.14. The monoisotopic (exact) mass is 225 g/mol. The zero-order valence-electron chi connectivity index (χ0n) is 9.16. The Morgan fingerprint density at radius 3 is 2.29 bits per heavy atom. The van der Waals surface area contributed by atoms with E-state index in [2.05, 4.69) is 5.32 Å². The van der Waals surface area contributed by atoms with Gasteiger partial charge in [0, 0.05) is 6.54 Å². The molecular weight excluding hydrogens is 206 g/mol. The van der Waals surface area contributed by atoms with Crippen molar-refractivity contribution >= 4 is 18.4 Å². The average molecular weight is 226 g/mol. The second kappa shape index (κ2) is 7.04. The third-order valence-corrected chi connectivity index (χ3v) is 1.52. The van der Waals surface area contributed by atoms with Gasteiger partial charge in [0.1, 0.15) is 0 Å². The fourth-order valence-corrected chi connectivity index (χ4v) is 0.815. The fourth-order valence-electron chi connectivity index (χ4n) is 0.815. The molecule has 2 N–H and O–H groups in total. The van der Waals surface area contributed by atoms with Crippen molar-refractivity contribution in [3.05, 3.63) is 0 Å². The fraction of sp³-hybridized carbons (Fsp3) is 0.889. The van der Waals surface area contributed by atoms with Gasteiger partial charge in [-0.1, -0.05) is 0 Å². The van der Waals surface area contributed by atoms with Gasteiger partial charge in [0.05, 0.1) is 18.1 Å². The topological polar surface area (TPSA) is 58.6 Å². The van der Waals surface area contributed by atoms with Crippen LogP contribution in [0.2, 0.25) is 0 Å². The van der Waals surface area contributed by atoms with E-state index in [0.29, 0.717) is 6.54 Å². The number of nitrogens with one attached hydrogen (secondary N) is 1. The first-order chi connectivity index (χ1) is 5.87. The van der Waals surface area contributed by atoms with Gasteiger partial charge in [-0.25, -0.2) is 0 Å². The van der Waals surface area contributed by atoms with E-state index in [1.54, 1.807) is 7.05 Å². The van der Waals surface area contributed by atoms with Crippen LogP contribution in [-0.2, 0) is 9.53 Å². The van der Waals surface area contributed by atoms with Crippen molar-refractivity contribution < 1.29 is 14.6 Å². The molecule has 0 aromatic rings. The maximum Gasteiger partial charge on any atom is 0.310 e. The molecule has 0 aliphatic rings. The molecule has 0 aromatic heterocycles. The molecule has 0 aliphatic carbocycles. The van der Waals surface area contributed by atoms with E-state index in [1.807, 2.05) is 20.8 Å². The minimum absolute atomic E-state index is 0. The van der Waals surface area contributed by atoms with E-state index in [1.165, 1.54) is 0 Å². The third-order valence-electron chi connectivity index (χ3n) is 1.52. The second-order valence-electron chi connectivity index (χ2n) is 4.02. The first-order valence-corrected chi connectivity index (χ1v) is 4.38. The van der Waals surface area contributed by atoms with Gasteiger partial charge in [0.25, 0.3) is 0 Å². The van der Waals surface area contributed by atoms with Crippen LogP contribution in [0.4, 0.5) is 0 Å². The standard InChI is InChI=1S/C9H19NO3.ClH/c1-9(2,3)13-6-7(5-10-4)8(11)12;/h7,10H,5-6H2,1-4H3,(H,11,12);1H/t7-;/m1./s1. The van der Waals surface area contributed by atoms with Crippen molar-refractivity contribution in [2.24, 2.45) is 5.92 Å². The number of hydrogen-bond acceptors (Lipinski definition) is 3. The van der Waals surface area contributed by atoms with E-state index in [0.717, 1.165) is 0 Å². The zero-order chi connectivity index (χ0) is 10.5. The molecule has 86 valence electrons. The number of hydrogen-bond donors (Lipinski definition) is 2. The van der Waals surface area contributed by atoms with Crippen LogP contribution in [0, 0.1) is 5.92 Å². The van der Waals surface area contributed by atoms with Crippen LogP contribution in [0.3, 0.4) is 0 Å². The molecule has 0 amide bonds. The van der Waals surface area contributed by atoms with Crippen LogP contribution in [0.1, 0.15) is 20.8 Å². The number of rotatable bonds is 5. The molecule has 0 bridgehead atoms. The SMILES string of the molecule is CNC[C@H](COC(C)(C)C)C(=O)O.Cl. The first-order valence-electron chi connectivity index (χ1n) is 4.38. The summed E-state index contributed by atoms with van der Waals surface area (Å²) in [5.41, 5.74) is -0.276. The quantitative estimate of drug-likeness (QED) is 0.737. The van der Waals surface area contributed by atoms with Gasteiger partial charge in [0.15, 0.2) is 0 Å². The molecule has 4 nitrogen and oxygen atoms in total. The summed E-state index contributed by atoms with van der Waals surface area (Å²) in [6.45, 7) is 6.41. The molecule has 0 radical (unpaired) electrons. The number of halogens is 1. The highest BCUT2D eigenvalue weighted by Gasteiger charge is 2.20. The van der Waals surface area contributed by atoms with E-state index in [4.69, 9.17) is 9.84 Å². The third kappa shape index (κ3) is 8.29. The van der Waals surface area contributed by atoms with Crippen molar-refractivity contribution in [3.63, 3.8) is 0 Å². The number of aliphatic carboxylic acids is 1. The van der Waals surface area contributed by atoms with Crippen LogP contribution in [-0.4, -0.2) is 36.9 Å². The van der Waals surface area contributed by atoms with Crippen LogP contribution in [0.5, 0.6) is 0 Å². The van der Waals surface area contributed by atoms with Crippen LogP contribution < -0.4 is 5.32 Å². The normalized spacial score (nSPS) is 13.1. The van der Waals surface area contributed by atoms with E-state index >= 15 is 0 Å². The summed E-state index contributed by atoms with van der Waals surface area (Å²) in [5.74, 6) is -1.29. The number of ether oxygens (including phenoxy) is 1. The highest BCUT2D eigenvalue weighted by molar-refractivity contribution is 5.85. The Bertz CT molecular complexity index is 168. The summed E-state index contributed by atoms with van der Waals surface area (Å²) in [4.78, 5) is 10.7. The number of carboxylic acids is 1. The van der Waals surface area contributed by atoms with Crippen molar-refractivity contribution in [3.8, 4) is 0 Å². The molecule has 0 aliphatic heterocycles. The van der Waals surface area contributed by atoms with Gasteiger partial charge in [0.2, 0.25) is 0 Å². The summed E-state index contributed by atoms with van der Waals surface area (Å²) < 4.78 is 5.38. The lowest BCUT2D eigenvalue weighted by Gasteiger charge is -2.22. The van der Waals surface area contributed by atoms with Gasteiger partial charge >= 0.3 is 5.97 Å². The highest BCUT2D eigenvalue weighted by atomic mass is 35.5. The summed E-state index contributed by atoms with van der Waals surface area (Å²) in [6.07, 6.45) is 0. The minimum Gasteiger partial charge on any atom is -0.481 e. The van der Waals surface area contributed by atoms with Gasteiger partial charge in [-0.3, -0.25) is 4.79 Å². The van der Waals surface area contributed by atoms with Crippen molar-refractivity contribution in [2.75, 3.05) is 20.2 Å². The maximum absolute atomic E-state index is 10.7. The molecule has 0 fully saturated rings. The molecule has 0 aromatic carbocycles. The van der Waals surface area contributed by atoms with Gasteiger partial charge in [-0.15, -0.1) is 12.4 Å². The van der Waals surface area contributed by atoms with Crippen LogP contribution >= 0.6 is 12.4 Å². The van der Waals surface area contributed by atoms with Crippen LogP contribution in [0.15, 0.2) is 0 Å². The molecule has 0 rings (SSSR count). The Balaban J connectivity index is 0. The summed E-state index contributed by atoms with van der Waals surface area (Å²) in [7, 11) is 1.73. The second-order valence-corrected chi connectivity index (χ2v) is 4.02. The highest BCUT2D eigenvalue weighted by Crippen LogP contribution is 2.09. The molecule has 14 heavy (non-hydrogen) atoms. The smallest absolute Gasteiger partial charge is 0.310 e. The van der Waals surface area contributed by atoms with E-state index in [9.17, 15) is 4.79 Å². The zero-order valence-corrected chi connectivity index (χ0v) is 9.98. The molecular formula is C9H20ClNO3. The molecule has 0 spiro atoms. The Hall–Kier alpha value is -0.320. The number of carboxylic acid groups (broad SMARTS) is 1. The first kappa shape index (κ1) is 16.1. The lowest BCUT2D eigenvalue weighted by atomic mass is 10.1. The molecule has 0 heterocycles. The lowest BCUT2D eigenvalue weighted by Crippen LogP contribution is -2.33. The lowest BCUT2D eigenvalue weighted by molar-refractivity contribution is -0.145. The Kier molecular flexibility index (Phi) is 8.10.